The summed E-state index contributed by atoms with van der Waals surface area (Å²) in [6.45, 7) is 1.51. The standard InChI is InChI=1S/C17H17N3O4/c18-17(21)13-6-7-14(15(10-13)20(22)23)19-8-9-24-16(11-19)12-4-2-1-3-5-12/h1-7,10,16H,8-9,11H2,(H2,18,21)/t16-/m1/s1. The number of nitrogens with two attached hydrogens (primary N) is 1. The highest BCUT2D eigenvalue weighted by Crippen LogP contribution is 2.33. The maximum atomic E-state index is 11.4. The zero-order chi connectivity index (χ0) is 17.1. The molecule has 1 amide bonds. The van der Waals surface area contributed by atoms with Gasteiger partial charge in [0.15, 0.2) is 0 Å². The molecule has 7 nitrogen and oxygen atoms in total. The molecule has 1 heterocycles. The minimum absolute atomic E-state index is 0.123. The van der Waals surface area contributed by atoms with Crippen molar-refractivity contribution < 1.29 is 14.5 Å². The van der Waals surface area contributed by atoms with Crippen molar-refractivity contribution in [3.63, 3.8) is 0 Å². The third-order valence-electron chi connectivity index (χ3n) is 4.04. The fourth-order valence-electron chi connectivity index (χ4n) is 2.83. The minimum atomic E-state index is -0.686. The number of anilines is 1. The van der Waals surface area contributed by atoms with Crippen LogP contribution in [0.4, 0.5) is 11.4 Å². The molecule has 2 N–H and O–H groups in total. The lowest BCUT2D eigenvalue weighted by Crippen LogP contribution is -2.38. The normalized spacial score (nSPS) is 17.5. The molecule has 0 unspecified atom stereocenters. The van der Waals surface area contributed by atoms with Crippen molar-refractivity contribution in [3.05, 3.63) is 69.8 Å². The number of morpholine rings is 1. The summed E-state index contributed by atoms with van der Waals surface area (Å²) in [5, 5.41) is 11.4. The van der Waals surface area contributed by atoms with Crippen LogP contribution in [0.1, 0.15) is 22.0 Å². The third kappa shape index (κ3) is 3.21. The molecule has 0 bridgehead atoms. The SMILES string of the molecule is NC(=O)c1ccc(N2CCO[C@@H](c3ccccc3)C2)c([N+](=O)[O-])c1. The second-order valence-electron chi connectivity index (χ2n) is 5.54. The van der Waals surface area contributed by atoms with E-state index in [-0.39, 0.29) is 17.4 Å². The largest absolute Gasteiger partial charge is 0.370 e. The summed E-state index contributed by atoms with van der Waals surface area (Å²) in [4.78, 5) is 24.1. The molecule has 1 saturated heterocycles. The van der Waals surface area contributed by atoms with Gasteiger partial charge in [-0.2, -0.15) is 0 Å². The Hall–Kier alpha value is -2.93. The molecule has 24 heavy (non-hydrogen) atoms. The number of benzene rings is 2. The first-order valence-corrected chi connectivity index (χ1v) is 7.56. The van der Waals surface area contributed by atoms with E-state index in [9.17, 15) is 14.9 Å². The van der Waals surface area contributed by atoms with Gasteiger partial charge in [0.1, 0.15) is 11.8 Å². The molecule has 1 aliphatic rings. The molecule has 0 radical (unpaired) electrons. The molecule has 0 aromatic heterocycles. The number of amides is 1. The molecule has 1 fully saturated rings. The van der Waals surface area contributed by atoms with Gasteiger partial charge in [-0.25, -0.2) is 0 Å². The van der Waals surface area contributed by atoms with E-state index in [0.717, 1.165) is 5.56 Å². The minimum Gasteiger partial charge on any atom is -0.370 e. The lowest BCUT2D eigenvalue weighted by molar-refractivity contribution is -0.384. The predicted octanol–water partition coefficient (Wildman–Crippen LogP) is 2.27. The van der Waals surface area contributed by atoms with E-state index >= 15 is 0 Å². The average Bonchev–Trinajstić information content (AvgIpc) is 2.62. The molecular formula is C17H17N3O4. The second-order valence-corrected chi connectivity index (χ2v) is 5.54. The number of nitro benzene ring substituents is 1. The van der Waals surface area contributed by atoms with Crippen LogP contribution in [-0.4, -0.2) is 30.5 Å². The van der Waals surface area contributed by atoms with Crippen LogP contribution in [0, 0.1) is 10.1 Å². The lowest BCUT2D eigenvalue weighted by atomic mass is 10.1. The highest BCUT2D eigenvalue weighted by atomic mass is 16.6. The van der Waals surface area contributed by atoms with Gasteiger partial charge >= 0.3 is 0 Å². The molecule has 1 aliphatic heterocycles. The van der Waals surface area contributed by atoms with Crippen LogP contribution in [-0.2, 0) is 4.74 Å². The van der Waals surface area contributed by atoms with Crippen LogP contribution in [0.5, 0.6) is 0 Å². The number of carbonyl (C=O) groups is 1. The Morgan fingerprint density at radius 2 is 2.00 bits per heavy atom. The zero-order valence-electron chi connectivity index (χ0n) is 12.9. The molecule has 7 heteroatoms. The lowest BCUT2D eigenvalue weighted by Gasteiger charge is -2.34. The van der Waals surface area contributed by atoms with Gasteiger partial charge in [0, 0.05) is 24.7 Å². The van der Waals surface area contributed by atoms with Gasteiger partial charge in [0.2, 0.25) is 5.91 Å². The Balaban J connectivity index is 1.90. The molecule has 3 rings (SSSR count). The fraction of sp³-hybridized carbons (Fsp3) is 0.235. The predicted molar refractivity (Wildman–Crippen MR) is 89.0 cm³/mol. The first-order valence-electron chi connectivity index (χ1n) is 7.56. The van der Waals surface area contributed by atoms with E-state index < -0.39 is 10.8 Å². The van der Waals surface area contributed by atoms with Gasteiger partial charge in [-0.05, 0) is 17.7 Å². The van der Waals surface area contributed by atoms with Crippen molar-refractivity contribution in [1.29, 1.82) is 0 Å². The monoisotopic (exact) mass is 327 g/mol. The molecular weight excluding hydrogens is 310 g/mol. The Bertz CT molecular complexity index is 764. The summed E-state index contributed by atoms with van der Waals surface area (Å²) in [7, 11) is 0. The van der Waals surface area contributed by atoms with Crippen LogP contribution < -0.4 is 10.6 Å². The molecule has 2 aromatic rings. The zero-order valence-corrected chi connectivity index (χ0v) is 12.9. The van der Waals surface area contributed by atoms with E-state index in [1.54, 1.807) is 6.07 Å². The van der Waals surface area contributed by atoms with E-state index in [0.29, 0.717) is 25.4 Å². The van der Waals surface area contributed by atoms with Gasteiger partial charge < -0.3 is 15.4 Å². The highest BCUT2D eigenvalue weighted by molar-refractivity contribution is 5.94. The second kappa shape index (κ2) is 6.67. The van der Waals surface area contributed by atoms with E-state index in [1.807, 2.05) is 35.2 Å². The summed E-state index contributed by atoms with van der Waals surface area (Å²) < 4.78 is 5.79. The number of hydrogen-bond acceptors (Lipinski definition) is 5. The molecule has 0 saturated carbocycles. The summed E-state index contributed by atoms with van der Waals surface area (Å²) in [5.41, 5.74) is 6.71. The summed E-state index contributed by atoms with van der Waals surface area (Å²) >= 11 is 0. The van der Waals surface area contributed by atoms with Gasteiger partial charge in [-0.3, -0.25) is 14.9 Å². The number of carbonyl (C=O) groups excluding carboxylic acids is 1. The Morgan fingerprint density at radius 3 is 2.67 bits per heavy atom. The molecule has 124 valence electrons. The van der Waals surface area contributed by atoms with Crippen LogP contribution in [0.25, 0.3) is 0 Å². The van der Waals surface area contributed by atoms with Crippen molar-refractivity contribution in [3.8, 4) is 0 Å². The smallest absolute Gasteiger partial charge is 0.293 e. The highest BCUT2D eigenvalue weighted by Gasteiger charge is 2.27. The Kier molecular flexibility index (Phi) is 4.43. The number of primary amides is 1. The molecule has 2 aromatic carbocycles. The Morgan fingerprint density at radius 1 is 1.25 bits per heavy atom. The maximum Gasteiger partial charge on any atom is 0.293 e. The Labute approximate surface area is 138 Å². The van der Waals surface area contributed by atoms with Crippen LogP contribution in [0.3, 0.4) is 0 Å². The maximum absolute atomic E-state index is 11.4. The van der Waals surface area contributed by atoms with E-state index in [1.165, 1.54) is 12.1 Å². The van der Waals surface area contributed by atoms with Crippen molar-refractivity contribution in [1.82, 2.24) is 0 Å². The number of hydrogen-bond donors (Lipinski definition) is 1. The topological polar surface area (TPSA) is 98.7 Å². The summed E-state index contributed by atoms with van der Waals surface area (Å²) in [5.74, 6) is -0.686. The summed E-state index contributed by atoms with van der Waals surface area (Å²) in [6, 6.07) is 14.0. The average molecular weight is 327 g/mol. The van der Waals surface area contributed by atoms with E-state index in [4.69, 9.17) is 10.5 Å². The van der Waals surface area contributed by atoms with Gasteiger partial charge in [0.25, 0.3) is 5.69 Å². The van der Waals surface area contributed by atoms with Crippen LogP contribution >= 0.6 is 0 Å². The van der Waals surface area contributed by atoms with Crippen LogP contribution in [0.2, 0.25) is 0 Å². The first kappa shape index (κ1) is 15.9. The van der Waals surface area contributed by atoms with Crippen molar-refractivity contribution in [2.24, 2.45) is 5.73 Å². The first-order chi connectivity index (χ1) is 11.6. The van der Waals surface area contributed by atoms with Gasteiger partial charge in [-0.1, -0.05) is 30.3 Å². The number of ether oxygens (including phenoxy) is 1. The van der Waals surface area contributed by atoms with Crippen molar-refractivity contribution in [2.75, 3.05) is 24.6 Å². The van der Waals surface area contributed by atoms with Crippen LogP contribution in [0.15, 0.2) is 48.5 Å². The number of nitrogens with zero attached hydrogens (tertiary/aromatic N) is 2. The quantitative estimate of drug-likeness (QED) is 0.686. The molecule has 0 spiro atoms. The third-order valence-corrected chi connectivity index (χ3v) is 4.04. The summed E-state index contributed by atoms with van der Waals surface area (Å²) in [6.07, 6.45) is -0.157. The molecule has 0 aliphatic carbocycles. The molecule has 1 atom stereocenters. The van der Waals surface area contributed by atoms with E-state index in [2.05, 4.69) is 0 Å². The van der Waals surface area contributed by atoms with Crippen molar-refractivity contribution >= 4 is 17.3 Å². The fourth-order valence-corrected chi connectivity index (χ4v) is 2.83. The van der Waals surface area contributed by atoms with Crippen molar-refractivity contribution in [2.45, 2.75) is 6.10 Å². The van der Waals surface area contributed by atoms with Gasteiger partial charge in [0.05, 0.1) is 11.5 Å². The number of nitro groups is 1. The number of rotatable bonds is 4. The van der Waals surface area contributed by atoms with Gasteiger partial charge in [-0.15, -0.1) is 0 Å².